The van der Waals surface area contributed by atoms with Crippen LogP contribution >= 0.6 is 12.4 Å². The first-order valence-corrected chi connectivity index (χ1v) is 7.79. The van der Waals surface area contributed by atoms with Crippen molar-refractivity contribution >= 4 is 29.4 Å². The van der Waals surface area contributed by atoms with Gasteiger partial charge in [-0.1, -0.05) is 19.0 Å². The first-order chi connectivity index (χ1) is 10.5. The summed E-state index contributed by atoms with van der Waals surface area (Å²) in [5.74, 6) is 0.209. The van der Waals surface area contributed by atoms with Crippen molar-refractivity contribution in [2.24, 2.45) is 5.73 Å². The number of aromatic nitrogens is 2. The van der Waals surface area contributed by atoms with Crippen molar-refractivity contribution in [1.82, 2.24) is 15.0 Å². The zero-order chi connectivity index (χ0) is 15.9. The van der Waals surface area contributed by atoms with Gasteiger partial charge in [0.15, 0.2) is 0 Å². The summed E-state index contributed by atoms with van der Waals surface area (Å²) in [6.07, 6.45) is 1.92. The lowest BCUT2D eigenvalue weighted by Gasteiger charge is -2.31. The first kappa shape index (κ1) is 17.7. The molecule has 0 saturated carbocycles. The van der Waals surface area contributed by atoms with E-state index in [4.69, 9.17) is 10.3 Å². The molecule has 3 rings (SSSR count). The maximum atomic E-state index is 13.0. The summed E-state index contributed by atoms with van der Waals surface area (Å²) < 4.78 is 5.28. The number of hydrogen-bond acceptors (Lipinski definition) is 5. The fourth-order valence-electron chi connectivity index (χ4n) is 2.94. The van der Waals surface area contributed by atoms with E-state index in [2.05, 4.69) is 10.1 Å². The Morgan fingerprint density at radius 2 is 2.22 bits per heavy atom. The van der Waals surface area contributed by atoms with Crippen molar-refractivity contribution in [2.45, 2.75) is 45.6 Å². The number of halogens is 1. The Labute approximate surface area is 141 Å². The average Bonchev–Trinajstić information content (AvgIpc) is 2.87. The minimum absolute atomic E-state index is 0. The summed E-state index contributed by atoms with van der Waals surface area (Å²) in [6, 6.07) is 1.93. The van der Waals surface area contributed by atoms with Gasteiger partial charge in [-0.05, 0) is 31.7 Å². The summed E-state index contributed by atoms with van der Waals surface area (Å²) in [5.41, 5.74) is 8.61. The molecular formula is C16H23ClN4O2. The molecule has 3 heterocycles. The van der Waals surface area contributed by atoms with E-state index in [0.717, 1.165) is 25.1 Å². The molecule has 1 aliphatic rings. The zero-order valence-electron chi connectivity index (χ0n) is 13.7. The SMILES string of the molecule is Cc1noc2nc(C(C)C)cc(C(=O)N3CCCC(N)C3)c12.Cl. The van der Waals surface area contributed by atoms with Crippen LogP contribution in [0.5, 0.6) is 0 Å². The third-order valence-electron chi connectivity index (χ3n) is 4.20. The van der Waals surface area contributed by atoms with Gasteiger partial charge in [-0.15, -0.1) is 12.4 Å². The highest BCUT2D eigenvalue weighted by Crippen LogP contribution is 2.26. The number of nitrogens with two attached hydrogens (primary N) is 1. The lowest BCUT2D eigenvalue weighted by atomic mass is 10.0. The van der Waals surface area contributed by atoms with Crippen LogP contribution in [-0.4, -0.2) is 40.1 Å². The van der Waals surface area contributed by atoms with E-state index in [0.29, 0.717) is 28.9 Å². The number of amides is 1. The molecule has 0 spiro atoms. The Balaban J connectivity index is 0.00000192. The van der Waals surface area contributed by atoms with Crippen LogP contribution in [0.2, 0.25) is 0 Å². The normalized spacial score (nSPS) is 18.3. The van der Waals surface area contributed by atoms with Crippen LogP contribution in [0.25, 0.3) is 11.1 Å². The highest BCUT2D eigenvalue weighted by atomic mass is 35.5. The van der Waals surface area contributed by atoms with Gasteiger partial charge in [0.05, 0.1) is 16.6 Å². The molecule has 2 aromatic heterocycles. The number of carbonyl (C=O) groups is 1. The van der Waals surface area contributed by atoms with E-state index in [1.54, 1.807) is 0 Å². The molecule has 126 valence electrons. The third-order valence-corrected chi connectivity index (χ3v) is 4.20. The molecule has 6 nitrogen and oxygen atoms in total. The number of nitrogens with zero attached hydrogens (tertiary/aromatic N) is 3. The lowest BCUT2D eigenvalue weighted by Crippen LogP contribution is -2.45. The number of hydrogen-bond donors (Lipinski definition) is 1. The Kier molecular flexibility index (Phi) is 5.26. The molecule has 0 aromatic carbocycles. The Hall–Kier alpha value is -1.66. The molecule has 1 atom stereocenters. The summed E-state index contributed by atoms with van der Waals surface area (Å²) in [6.45, 7) is 7.27. The van der Waals surface area contributed by atoms with Crippen molar-refractivity contribution in [3.8, 4) is 0 Å². The van der Waals surface area contributed by atoms with Crippen molar-refractivity contribution in [1.29, 1.82) is 0 Å². The second-order valence-corrected chi connectivity index (χ2v) is 6.35. The van der Waals surface area contributed by atoms with Gasteiger partial charge in [-0.2, -0.15) is 0 Å². The zero-order valence-corrected chi connectivity index (χ0v) is 14.5. The van der Waals surface area contributed by atoms with Gasteiger partial charge in [0, 0.05) is 24.8 Å². The number of likely N-dealkylation sites (tertiary alicyclic amines) is 1. The van der Waals surface area contributed by atoms with Gasteiger partial charge in [-0.25, -0.2) is 4.98 Å². The van der Waals surface area contributed by atoms with Crippen LogP contribution in [0.15, 0.2) is 10.6 Å². The van der Waals surface area contributed by atoms with Crippen molar-refractivity contribution < 1.29 is 9.32 Å². The third kappa shape index (κ3) is 3.33. The molecular weight excluding hydrogens is 316 g/mol. The Morgan fingerprint density at radius 1 is 1.48 bits per heavy atom. The summed E-state index contributed by atoms with van der Waals surface area (Å²) in [7, 11) is 0. The van der Waals surface area contributed by atoms with E-state index >= 15 is 0 Å². The molecule has 0 bridgehead atoms. The summed E-state index contributed by atoms with van der Waals surface area (Å²) in [5, 5.41) is 4.68. The maximum Gasteiger partial charge on any atom is 0.259 e. The standard InChI is InChI=1S/C16H22N4O2.ClH/c1-9(2)13-7-12(14-10(3)19-22-15(14)18-13)16(21)20-6-4-5-11(17)8-20;/h7,9,11H,4-6,8,17H2,1-3H3;1H. The fourth-order valence-corrected chi connectivity index (χ4v) is 2.94. The van der Waals surface area contributed by atoms with Crippen LogP contribution < -0.4 is 5.73 Å². The summed E-state index contributed by atoms with van der Waals surface area (Å²) in [4.78, 5) is 19.3. The van der Waals surface area contributed by atoms with Gasteiger partial charge in [0.25, 0.3) is 11.6 Å². The molecule has 2 N–H and O–H groups in total. The second kappa shape index (κ2) is 6.84. The number of fused-ring (bicyclic) bond motifs is 1. The molecule has 0 radical (unpaired) electrons. The molecule has 0 aliphatic carbocycles. The predicted octanol–water partition coefficient (Wildman–Crippen LogP) is 2.64. The molecule has 1 unspecified atom stereocenters. The van der Waals surface area contributed by atoms with Crippen LogP contribution in [-0.2, 0) is 0 Å². The number of aryl methyl sites for hydroxylation is 1. The van der Waals surface area contributed by atoms with Crippen LogP contribution in [0.3, 0.4) is 0 Å². The predicted molar refractivity (Wildman–Crippen MR) is 91.0 cm³/mol. The van der Waals surface area contributed by atoms with E-state index < -0.39 is 0 Å². The van der Waals surface area contributed by atoms with Crippen molar-refractivity contribution in [2.75, 3.05) is 13.1 Å². The summed E-state index contributed by atoms with van der Waals surface area (Å²) >= 11 is 0. The van der Waals surface area contributed by atoms with Gasteiger partial charge >= 0.3 is 0 Å². The maximum absolute atomic E-state index is 13.0. The van der Waals surface area contributed by atoms with Crippen LogP contribution in [0, 0.1) is 6.92 Å². The van der Waals surface area contributed by atoms with E-state index in [9.17, 15) is 4.79 Å². The molecule has 1 saturated heterocycles. The topological polar surface area (TPSA) is 85.2 Å². The molecule has 7 heteroatoms. The molecule has 1 aliphatic heterocycles. The van der Waals surface area contributed by atoms with Crippen molar-refractivity contribution in [3.63, 3.8) is 0 Å². The van der Waals surface area contributed by atoms with Crippen LogP contribution in [0.1, 0.15) is 54.4 Å². The molecule has 23 heavy (non-hydrogen) atoms. The van der Waals surface area contributed by atoms with Gasteiger partial charge in [0.2, 0.25) is 0 Å². The number of carbonyl (C=O) groups excluding carboxylic acids is 1. The van der Waals surface area contributed by atoms with Crippen LogP contribution in [0.4, 0.5) is 0 Å². The van der Waals surface area contributed by atoms with Gasteiger partial charge in [-0.3, -0.25) is 4.79 Å². The highest BCUT2D eigenvalue weighted by molar-refractivity contribution is 6.06. The fraction of sp³-hybridized carbons (Fsp3) is 0.562. The molecule has 1 fully saturated rings. The van der Waals surface area contributed by atoms with E-state index in [-0.39, 0.29) is 30.3 Å². The lowest BCUT2D eigenvalue weighted by molar-refractivity contribution is 0.0710. The Morgan fingerprint density at radius 3 is 2.87 bits per heavy atom. The Bertz CT molecular complexity index is 713. The minimum Gasteiger partial charge on any atom is -0.337 e. The van der Waals surface area contributed by atoms with Gasteiger partial charge < -0.3 is 15.2 Å². The van der Waals surface area contributed by atoms with Crippen molar-refractivity contribution in [3.05, 3.63) is 23.0 Å². The highest BCUT2D eigenvalue weighted by Gasteiger charge is 2.26. The number of pyridine rings is 1. The quantitative estimate of drug-likeness (QED) is 0.909. The van der Waals surface area contributed by atoms with E-state index in [1.165, 1.54) is 0 Å². The number of rotatable bonds is 2. The van der Waals surface area contributed by atoms with E-state index in [1.807, 2.05) is 31.7 Å². The first-order valence-electron chi connectivity index (χ1n) is 7.79. The molecule has 1 amide bonds. The second-order valence-electron chi connectivity index (χ2n) is 6.35. The average molecular weight is 339 g/mol. The van der Waals surface area contributed by atoms with Gasteiger partial charge in [0.1, 0.15) is 0 Å². The smallest absolute Gasteiger partial charge is 0.259 e. The largest absolute Gasteiger partial charge is 0.337 e. The minimum atomic E-state index is -0.00394. The number of piperidine rings is 1. The molecule has 2 aromatic rings. The monoisotopic (exact) mass is 338 g/mol.